The summed E-state index contributed by atoms with van der Waals surface area (Å²) in [6, 6.07) is 1.82. The van der Waals surface area contributed by atoms with Gasteiger partial charge in [-0.15, -0.1) is 0 Å². The normalized spacial score (nSPS) is 14.0. The highest BCUT2D eigenvalue weighted by atomic mass is 19.2. The smallest absolute Gasteiger partial charge is 0.316 e. The van der Waals surface area contributed by atoms with Crippen molar-refractivity contribution in [2.75, 3.05) is 13.2 Å². The van der Waals surface area contributed by atoms with Crippen LogP contribution in [0.25, 0.3) is 0 Å². The van der Waals surface area contributed by atoms with Crippen LogP contribution in [0.4, 0.5) is 13.2 Å². The molecule has 0 bridgehead atoms. The lowest BCUT2D eigenvalue weighted by Crippen LogP contribution is -2.37. The molecule has 0 spiro atoms. The molecule has 0 fully saturated rings. The zero-order valence-electron chi connectivity index (χ0n) is 10.8. The second kappa shape index (κ2) is 6.06. The van der Waals surface area contributed by atoms with E-state index in [9.17, 15) is 18.0 Å². The van der Waals surface area contributed by atoms with Crippen molar-refractivity contribution >= 4 is 5.97 Å². The number of halogens is 3. The first-order chi connectivity index (χ1) is 8.88. The molecule has 1 rings (SSSR count). The lowest BCUT2D eigenvalue weighted by molar-refractivity contribution is -0.149. The van der Waals surface area contributed by atoms with Gasteiger partial charge in [-0.2, -0.15) is 0 Å². The van der Waals surface area contributed by atoms with Gasteiger partial charge in [0.2, 0.25) is 0 Å². The topological polar surface area (TPSA) is 52.3 Å². The molecule has 0 amide bonds. The molecule has 0 aromatic heterocycles. The molecule has 106 valence electrons. The Balaban J connectivity index is 3.34. The van der Waals surface area contributed by atoms with Crippen LogP contribution in [0.2, 0.25) is 0 Å². The number of hydrogen-bond acceptors (Lipinski definition) is 3. The third-order valence-electron chi connectivity index (χ3n) is 3.00. The van der Waals surface area contributed by atoms with Gasteiger partial charge in [0.05, 0.1) is 12.0 Å². The maximum atomic E-state index is 13.8. The first kappa shape index (κ1) is 15.5. The van der Waals surface area contributed by atoms with Crippen LogP contribution >= 0.6 is 0 Å². The third-order valence-corrected chi connectivity index (χ3v) is 3.00. The molecule has 0 saturated heterocycles. The molecule has 1 unspecified atom stereocenters. The highest BCUT2D eigenvalue weighted by Crippen LogP contribution is 2.32. The Labute approximate surface area is 109 Å². The lowest BCUT2D eigenvalue weighted by atomic mass is 9.79. The molecule has 0 aliphatic carbocycles. The molecule has 2 N–H and O–H groups in total. The van der Waals surface area contributed by atoms with E-state index in [1.165, 1.54) is 6.92 Å². The average molecular weight is 275 g/mol. The molecular weight excluding hydrogens is 259 g/mol. The van der Waals surface area contributed by atoms with Gasteiger partial charge in [-0.05, 0) is 32.9 Å². The number of benzene rings is 1. The summed E-state index contributed by atoms with van der Waals surface area (Å²) in [5.41, 5.74) is 3.71. The van der Waals surface area contributed by atoms with Crippen molar-refractivity contribution in [3.05, 3.63) is 35.1 Å². The van der Waals surface area contributed by atoms with Crippen LogP contribution in [-0.4, -0.2) is 19.1 Å². The Morgan fingerprint density at radius 2 is 1.95 bits per heavy atom. The van der Waals surface area contributed by atoms with E-state index in [0.717, 1.165) is 12.1 Å². The number of ether oxygens (including phenoxy) is 1. The van der Waals surface area contributed by atoms with Gasteiger partial charge in [-0.25, -0.2) is 13.2 Å². The third kappa shape index (κ3) is 2.89. The largest absolute Gasteiger partial charge is 0.465 e. The molecule has 1 atom stereocenters. The standard InChI is InChI=1S/C13H16F3NO2/c1-3-19-12(18)13(2,6-7-17)8-4-5-9(14)11(16)10(8)15/h4-5H,3,6-7,17H2,1-2H3. The zero-order chi connectivity index (χ0) is 14.6. The minimum atomic E-state index is -1.61. The fourth-order valence-corrected chi connectivity index (χ4v) is 1.88. The highest BCUT2D eigenvalue weighted by Gasteiger charge is 2.39. The van der Waals surface area contributed by atoms with Gasteiger partial charge >= 0.3 is 5.97 Å². The number of rotatable bonds is 5. The van der Waals surface area contributed by atoms with Crippen molar-refractivity contribution in [3.8, 4) is 0 Å². The summed E-state index contributed by atoms with van der Waals surface area (Å²) < 4.78 is 44.9. The molecule has 19 heavy (non-hydrogen) atoms. The Bertz CT molecular complexity index is 479. The van der Waals surface area contributed by atoms with Crippen LogP contribution in [0, 0.1) is 17.5 Å². The zero-order valence-corrected chi connectivity index (χ0v) is 10.8. The Kier molecular flexibility index (Phi) is 4.94. The summed E-state index contributed by atoms with van der Waals surface area (Å²) in [6.45, 7) is 3.17. The van der Waals surface area contributed by atoms with Gasteiger partial charge in [0.15, 0.2) is 17.5 Å². The summed E-state index contributed by atoms with van der Waals surface area (Å²) in [7, 11) is 0. The van der Waals surface area contributed by atoms with Crippen molar-refractivity contribution in [1.82, 2.24) is 0 Å². The SMILES string of the molecule is CCOC(=O)C(C)(CCN)c1ccc(F)c(F)c1F. The van der Waals surface area contributed by atoms with Gasteiger partial charge in [-0.1, -0.05) is 6.07 Å². The van der Waals surface area contributed by atoms with Gasteiger partial charge in [-0.3, -0.25) is 4.79 Å². The minimum absolute atomic E-state index is 0.0633. The van der Waals surface area contributed by atoms with Crippen LogP contribution < -0.4 is 5.73 Å². The fraction of sp³-hybridized carbons (Fsp3) is 0.462. The number of carbonyl (C=O) groups is 1. The summed E-state index contributed by atoms with van der Waals surface area (Å²) in [5, 5.41) is 0. The Morgan fingerprint density at radius 3 is 2.47 bits per heavy atom. The molecule has 0 aliphatic rings. The maximum absolute atomic E-state index is 13.8. The second-order valence-electron chi connectivity index (χ2n) is 4.31. The summed E-state index contributed by atoms with van der Waals surface area (Å²) in [6.07, 6.45) is 0.0633. The van der Waals surface area contributed by atoms with Gasteiger partial charge in [0, 0.05) is 5.56 Å². The Morgan fingerprint density at radius 1 is 1.32 bits per heavy atom. The van der Waals surface area contributed by atoms with E-state index in [1.807, 2.05) is 0 Å². The Hall–Kier alpha value is -1.56. The van der Waals surface area contributed by atoms with Crippen LogP contribution in [0.3, 0.4) is 0 Å². The average Bonchev–Trinajstić information content (AvgIpc) is 2.36. The highest BCUT2D eigenvalue weighted by molar-refractivity contribution is 5.82. The number of nitrogens with two attached hydrogens (primary N) is 1. The maximum Gasteiger partial charge on any atom is 0.316 e. The molecule has 1 aromatic carbocycles. The molecule has 0 aliphatic heterocycles. The predicted molar refractivity (Wildman–Crippen MR) is 64.0 cm³/mol. The number of hydrogen-bond donors (Lipinski definition) is 1. The predicted octanol–water partition coefficient (Wildman–Crippen LogP) is 2.27. The van der Waals surface area contributed by atoms with Crippen molar-refractivity contribution in [1.29, 1.82) is 0 Å². The van der Waals surface area contributed by atoms with Crippen LogP contribution in [0.5, 0.6) is 0 Å². The molecule has 1 aromatic rings. The summed E-state index contributed by atoms with van der Waals surface area (Å²) in [4.78, 5) is 11.9. The molecule has 6 heteroatoms. The molecule has 0 saturated carbocycles. The molecular formula is C13H16F3NO2. The molecule has 3 nitrogen and oxygen atoms in total. The first-order valence-electron chi connectivity index (χ1n) is 5.89. The van der Waals surface area contributed by atoms with Crippen molar-refractivity contribution in [2.45, 2.75) is 25.7 Å². The van der Waals surface area contributed by atoms with E-state index >= 15 is 0 Å². The minimum Gasteiger partial charge on any atom is -0.465 e. The van der Waals surface area contributed by atoms with Gasteiger partial charge in [0.1, 0.15) is 0 Å². The van der Waals surface area contributed by atoms with Gasteiger partial charge < -0.3 is 10.5 Å². The van der Waals surface area contributed by atoms with E-state index in [0.29, 0.717) is 0 Å². The van der Waals surface area contributed by atoms with Gasteiger partial charge in [0.25, 0.3) is 0 Å². The summed E-state index contributed by atoms with van der Waals surface area (Å²) in [5.74, 6) is -5.01. The number of carbonyl (C=O) groups excluding carboxylic acids is 1. The first-order valence-corrected chi connectivity index (χ1v) is 5.89. The van der Waals surface area contributed by atoms with Crippen LogP contribution in [-0.2, 0) is 14.9 Å². The van der Waals surface area contributed by atoms with E-state index < -0.39 is 28.8 Å². The summed E-state index contributed by atoms with van der Waals surface area (Å²) >= 11 is 0. The van der Waals surface area contributed by atoms with E-state index in [1.54, 1.807) is 6.92 Å². The second-order valence-corrected chi connectivity index (χ2v) is 4.31. The van der Waals surface area contributed by atoms with E-state index in [-0.39, 0.29) is 25.1 Å². The van der Waals surface area contributed by atoms with E-state index in [4.69, 9.17) is 10.5 Å². The van der Waals surface area contributed by atoms with Crippen molar-refractivity contribution < 1.29 is 22.7 Å². The van der Waals surface area contributed by atoms with Crippen molar-refractivity contribution in [3.63, 3.8) is 0 Å². The monoisotopic (exact) mass is 275 g/mol. The quantitative estimate of drug-likeness (QED) is 0.662. The fourth-order valence-electron chi connectivity index (χ4n) is 1.88. The van der Waals surface area contributed by atoms with Crippen LogP contribution in [0.15, 0.2) is 12.1 Å². The van der Waals surface area contributed by atoms with E-state index in [2.05, 4.69) is 0 Å². The number of esters is 1. The lowest BCUT2D eigenvalue weighted by Gasteiger charge is -2.27. The van der Waals surface area contributed by atoms with Crippen molar-refractivity contribution in [2.24, 2.45) is 5.73 Å². The molecule has 0 heterocycles. The molecule has 0 radical (unpaired) electrons. The van der Waals surface area contributed by atoms with Crippen LogP contribution in [0.1, 0.15) is 25.8 Å².